The van der Waals surface area contributed by atoms with Gasteiger partial charge in [-0.05, 0) is 23.6 Å². The fraction of sp³-hybridized carbons (Fsp3) is 0.133. The number of nitrogens with zero attached hydrogens (tertiary/aromatic N) is 1. The first-order chi connectivity index (χ1) is 9.29. The Labute approximate surface area is 114 Å². The Morgan fingerprint density at radius 2 is 2.05 bits per heavy atom. The Bertz CT molecular complexity index is 773. The predicted octanol–water partition coefficient (Wildman–Crippen LogP) is 3.12. The van der Waals surface area contributed by atoms with Crippen molar-refractivity contribution in [3.8, 4) is 5.75 Å². The molecule has 2 aromatic heterocycles. The molecule has 0 unspecified atom stereocenters. The number of thiophene rings is 1. The van der Waals surface area contributed by atoms with E-state index in [4.69, 9.17) is 4.74 Å². The highest BCUT2D eigenvalue weighted by Crippen LogP contribution is 2.20. The Morgan fingerprint density at radius 3 is 2.89 bits per heavy atom. The van der Waals surface area contributed by atoms with Crippen LogP contribution in [0.15, 0.2) is 52.8 Å². The van der Waals surface area contributed by atoms with Crippen molar-refractivity contribution in [1.29, 1.82) is 0 Å². The number of benzene rings is 1. The number of rotatable bonds is 3. The Balaban J connectivity index is 2.06. The van der Waals surface area contributed by atoms with Crippen LogP contribution in [0.4, 0.5) is 0 Å². The van der Waals surface area contributed by atoms with E-state index < -0.39 is 0 Å². The van der Waals surface area contributed by atoms with Crippen LogP contribution >= 0.6 is 11.3 Å². The third kappa shape index (κ3) is 2.15. The molecular formula is C15H13NO2S. The molecule has 0 atom stereocenters. The zero-order chi connectivity index (χ0) is 13.2. The lowest BCUT2D eigenvalue weighted by Crippen LogP contribution is -2.19. The molecule has 0 aliphatic heterocycles. The summed E-state index contributed by atoms with van der Waals surface area (Å²) in [6.45, 7) is 0.522. The van der Waals surface area contributed by atoms with Gasteiger partial charge in [-0.15, -0.1) is 11.3 Å². The number of hydrogen-bond donors (Lipinski definition) is 0. The average molecular weight is 271 g/mol. The maximum absolute atomic E-state index is 12.3. The van der Waals surface area contributed by atoms with E-state index in [9.17, 15) is 4.79 Å². The fourth-order valence-electron chi connectivity index (χ4n) is 2.15. The van der Waals surface area contributed by atoms with Gasteiger partial charge < -0.3 is 9.30 Å². The van der Waals surface area contributed by atoms with Crippen LogP contribution in [0, 0.1) is 0 Å². The summed E-state index contributed by atoms with van der Waals surface area (Å²) in [6.07, 6.45) is 1.84. The summed E-state index contributed by atoms with van der Waals surface area (Å²) in [7, 11) is 1.64. The van der Waals surface area contributed by atoms with E-state index in [1.807, 2.05) is 48.0 Å². The molecule has 0 spiro atoms. The van der Waals surface area contributed by atoms with Crippen LogP contribution in [0.2, 0.25) is 0 Å². The molecule has 3 nitrogen and oxygen atoms in total. The highest BCUT2D eigenvalue weighted by molar-refractivity contribution is 7.17. The first kappa shape index (κ1) is 12.0. The second kappa shape index (κ2) is 4.90. The van der Waals surface area contributed by atoms with Crippen molar-refractivity contribution in [3.63, 3.8) is 0 Å². The normalized spacial score (nSPS) is 10.8. The summed E-state index contributed by atoms with van der Waals surface area (Å²) in [5.41, 5.74) is 1.05. The first-order valence-corrected chi connectivity index (χ1v) is 6.86. The minimum absolute atomic E-state index is 0.0460. The highest BCUT2D eigenvalue weighted by atomic mass is 32.1. The van der Waals surface area contributed by atoms with Gasteiger partial charge in [-0.25, -0.2) is 0 Å². The number of hydrogen-bond acceptors (Lipinski definition) is 3. The average Bonchev–Trinajstić information content (AvgIpc) is 2.92. The van der Waals surface area contributed by atoms with Gasteiger partial charge in [-0.3, -0.25) is 4.79 Å². The van der Waals surface area contributed by atoms with Crippen LogP contribution in [0.3, 0.4) is 0 Å². The van der Waals surface area contributed by atoms with E-state index in [1.165, 1.54) is 0 Å². The molecule has 0 saturated heterocycles. The lowest BCUT2D eigenvalue weighted by Gasteiger charge is -2.10. The summed E-state index contributed by atoms with van der Waals surface area (Å²) in [6, 6.07) is 11.6. The van der Waals surface area contributed by atoms with Gasteiger partial charge in [0.1, 0.15) is 5.75 Å². The molecular weight excluding hydrogens is 258 g/mol. The van der Waals surface area contributed by atoms with Crippen molar-refractivity contribution in [1.82, 2.24) is 4.57 Å². The molecule has 0 amide bonds. The van der Waals surface area contributed by atoms with Gasteiger partial charge in [0.05, 0.1) is 19.0 Å². The van der Waals surface area contributed by atoms with Gasteiger partial charge >= 0.3 is 0 Å². The van der Waals surface area contributed by atoms with E-state index >= 15 is 0 Å². The van der Waals surface area contributed by atoms with Crippen molar-refractivity contribution in [2.75, 3.05) is 7.11 Å². The standard InChI is InChI=1S/C15H13NO2S/c1-18-13-5-3-2-4-11(13)10-16-8-6-14-12(15(16)17)7-9-19-14/h2-9H,10H2,1H3. The highest BCUT2D eigenvalue weighted by Gasteiger charge is 2.07. The Hall–Kier alpha value is -2.07. The van der Waals surface area contributed by atoms with Crippen LogP contribution in [0.5, 0.6) is 5.75 Å². The van der Waals surface area contributed by atoms with Crippen molar-refractivity contribution >= 4 is 21.4 Å². The number of aromatic nitrogens is 1. The molecule has 96 valence electrons. The summed E-state index contributed by atoms with van der Waals surface area (Å²) >= 11 is 1.59. The quantitative estimate of drug-likeness (QED) is 0.733. The third-order valence-electron chi connectivity index (χ3n) is 3.13. The van der Waals surface area contributed by atoms with E-state index in [2.05, 4.69) is 0 Å². The first-order valence-electron chi connectivity index (χ1n) is 5.98. The molecule has 3 rings (SSSR count). The maximum atomic E-state index is 12.3. The van der Waals surface area contributed by atoms with Crippen molar-refractivity contribution < 1.29 is 4.74 Å². The third-order valence-corrected chi connectivity index (χ3v) is 4.01. The van der Waals surface area contributed by atoms with Gasteiger partial charge in [-0.2, -0.15) is 0 Å². The van der Waals surface area contributed by atoms with Crippen molar-refractivity contribution in [2.24, 2.45) is 0 Å². The van der Waals surface area contributed by atoms with Crippen LogP contribution in [0.25, 0.3) is 10.1 Å². The molecule has 0 radical (unpaired) electrons. The number of fused-ring (bicyclic) bond motifs is 1. The zero-order valence-corrected chi connectivity index (χ0v) is 11.3. The monoisotopic (exact) mass is 271 g/mol. The number of ether oxygens (including phenoxy) is 1. The minimum Gasteiger partial charge on any atom is -0.496 e. The second-order valence-corrected chi connectivity index (χ2v) is 5.21. The molecule has 19 heavy (non-hydrogen) atoms. The van der Waals surface area contributed by atoms with Gasteiger partial charge in [0.25, 0.3) is 5.56 Å². The molecule has 0 aliphatic carbocycles. The van der Waals surface area contributed by atoms with Crippen LogP contribution in [0.1, 0.15) is 5.56 Å². The lowest BCUT2D eigenvalue weighted by atomic mass is 10.2. The molecule has 1 aromatic carbocycles. The zero-order valence-electron chi connectivity index (χ0n) is 10.5. The summed E-state index contributed by atoms with van der Waals surface area (Å²) in [5.74, 6) is 0.805. The molecule has 4 heteroatoms. The number of para-hydroxylation sites is 1. The smallest absolute Gasteiger partial charge is 0.259 e. The largest absolute Gasteiger partial charge is 0.496 e. The second-order valence-electron chi connectivity index (χ2n) is 4.26. The van der Waals surface area contributed by atoms with Crippen LogP contribution < -0.4 is 10.3 Å². The summed E-state index contributed by atoms with van der Waals surface area (Å²) < 4.78 is 8.06. The van der Waals surface area contributed by atoms with Crippen LogP contribution in [-0.4, -0.2) is 11.7 Å². The van der Waals surface area contributed by atoms with Gasteiger partial charge in [0.15, 0.2) is 0 Å². The SMILES string of the molecule is COc1ccccc1Cn1ccc2sccc2c1=O. The maximum Gasteiger partial charge on any atom is 0.259 e. The molecule has 3 aromatic rings. The van der Waals surface area contributed by atoms with Crippen molar-refractivity contribution in [3.05, 3.63) is 63.9 Å². The van der Waals surface area contributed by atoms with E-state index in [-0.39, 0.29) is 5.56 Å². The number of methoxy groups -OCH3 is 1. The van der Waals surface area contributed by atoms with Gasteiger partial charge in [0.2, 0.25) is 0 Å². The van der Waals surface area contributed by atoms with E-state index in [0.717, 1.165) is 21.4 Å². The minimum atomic E-state index is 0.0460. The fourth-order valence-corrected chi connectivity index (χ4v) is 2.92. The Morgan fingerprint density at radius 1 is 1.21 bits per heavy atom. The van der Waals surface area contributed by atoms with Gasteiger partial charge in [0, 0.05) is 16.5 Å². The Kier molecular flexibility index (Phi) is 3.09. The summed E-state index contributed by atoms with van der Waals surface area (Å²) in [4.78, 5) is 12.3. The molecule has 0 bridgehead atoms. The number of pyridine rings is 1. The van der Waals surface area contributed by atoms with Crippen LogP contribution in [-0.2, 0) is 6.54 Å². The summed E-state index contributed by atoms with van der Waals surface area (Å²) in [5, 5.41) is 2.72. The molecule has 0 fully saturated rings. The van der Waals surface area contributed by atoms with Gasteiger partial charge in [-0.1, -0.05) is 18.2 Å². The predicted molar refractivity (Wildman–Crippen MR) is 78.2 cm³/mol. The van der Waals surface area contributed by atoms with Crippen molar-refractivity contribution in [2.45, 2.75) is 6.54 Å². The molecule has 0 aliphatic rings. The van der Waals surface area contributed by atoms with E-state index in [0.29, 0.717) is 6.54 Å². The molecule has 2 heterocycles. The lowest BCUT2D eigenvalue weighted by molar-refractivity contribution is 0.408. The molecule has 0 N–H and O–H groups in total. The topological polar surface area (TPSA) is 31.2 Å². The molecule has 0 saturated carbocycles. The van der Waals surface area contributed by atoms with E-state index in [1.54, 1.807) is 23.0 Å².